The fraction of sp³-hybridized carbons (Fsp3) is 1.00. The van der Waals surface area contributed by atoms with E-state index in [0.717, 1.165) is 0 Å². The lowest BCUT2D eigenvalue weighted by atomic mass is 9.97. The van der Waals surface area contributed by atoms with E-state index in [1.165, 1.54) is 0 Å². The smallest absolute Gasteiger partial charge is 0.156 e. The van der Waals surface area contributed by atoms with Crippen LogP contribution in [0.15, 0.2) is 0 Å². The van der Waals surface area contributed by atoms with Crippen LogP contribution in [0.1, 0.15) is 27.7 Å². The molecule has 0 saturated carbocycles. The first-order valence-electron chi connectivity index (χ1n) is 5.21. The summed E-state index contributed by atoms with van der Waals surface area (Å²) in [6, 6.07) is 0. The average Bonchev–Trinajstić information content (AvgIpc) is 1.94. The first kappa shape index (κ1) is 12.9. The zero-order valence-electron chi connectivity index (χ0n) is 9.95. The summed E-state index contributed by atoms with van der Waals surface area (Å²) in [5.74, 6) is 0.173. The number of hydrogen-bond acceptors (Lipinski definition) is 4. The van der Waals surface area contributed by atoms with E-state index in [9.17, 15) is 13.5 Å². The van der Waals surface area contributed by atoms with Gasteiger partial charge in [-0.3, -0.25) is 4.90 Å². The molecule has 0 aromatic heterocycles. The molecule has 1 rings (SSSR count). The molecule has 1 aliphatic rings. The van der Waals surface area contributed by atoms with Crippen molar-refractivity contribution in [3.63, 3.8) is 0 Å². The van der Waals surface area contributed by atoms with Crippen molar-refractivity contribution in [1.82, 2.24) is 4.90 Å². The number of sulfone groups is 1. The minimum atomic E-state index is -3.03. The van der Waals surface area contributed by atoms with Gasteiger partial charge in [-0.1, -0.05) is 0 Å². The monoisotopic (exact) mass is 235 g/mol. The van der Waals surface area contributed by atoms with Crippen molar-refractivity contribution in [2.75, 3.05) is 25.4 Å². The van der Waals surface area contributed by atoms with Gasteiger partial charge in [-0.2, -0.15) is 0 Å². The number of likely N-dealkylation sites (tertiary alicyclic amines) is 1. The summed E-state index contributed by atoms with van der Waals surface area (Å²) >= 11 is 0. The van der Waals surface area contributed by atoms with Crippen LogP contribution in [0.25, 0.3) is 0 Å². The molecule has 0 radical (unpaired) electrons. The van der Waals surface area contributed by atoms with Crippen molar-refractivity contribution >= 4 is 9.84 Å². The van der Waals surface area contributed by atoms with E-state index in [1.54, 1.807) is 27.7 Å². The Morgan fingerprint density at radius 1 is 1.33 bits per heavy atom. The molecular weight excluding hydrogens is 214 g/mol. The predicted octanol–water partition coefficient (Wildman–Crippen LogP) is 0.266. The van der Waals surface area contributed by atoms with Crippen molar-refractivity contribution in [2.45, 2.75) is 38.0 Å². The fourth-order valence-corrected chi connectivity index (χ4v) is 2.74. The number of β-amino-alcohol motifs (C(OH)–C–C–N with tert-alkyl or cyclic N) is 1. The van der Waals surface area contributed by atoms with Gasteiger partial charge >= 0.3 is 0 Å². The summed E-state index contributed by atoms with van der Waals surface area (Å²) in [6.07, 6.45) is 0. The maximum absolute atomic E-state index is 11.8. The van der Waals surface area contributed by atoms with Crippen LogP contribution in [-0.2, 0) is 9.84 Å². The maximum Gasteiger partial charge on any atom is 0.156 e. The van der Waals surface area contributed by atoms with Gasteiger partial charge in [0.25, 0.3) is 0 Å². The molecule has 0 amide bonds. The number of nitrogens with zero attached hydrogens (tertiary/aromatic N) is 1. The van der Waals surface area contributed by atoms with Crippen LogP contribution in [-0.4, -0.2) is 54.2 Å². The molecule has 1 fully saturated rings. The normalized spacial score (nSPS) is 22.5. The molecule has 4 nitrogen and oxygen atoms in total. The lowest BCUT2D eigenvalue weighted by Crippen LogP contribution is -2.60. The van der Waals surface area contributed by atoms with E-state index in [2.05, 4.69) is 0 Å². The molecule has 0 unspecified atom stereocenters. The summed E-state index contributed by atoms with van der Waals surface area (Å²) in [7, 11) is -3.03. The number of aliphatic hydroxyl groups is 1. The summed E-state index contributed by atoms with van der Waals surface area (Å²) in [5.41, 5.74) is -0.620. The predicted molar refractivity (Wildman–Crippen MR) is 60.6 cm³/mol. The molecule has 0 atom stereocenters. The van der Waals surface area contributed by atoms with Crippen LogP contribution >= 0.6 is 0 Å². The second-order valence-corrected chi connectivity index (χ2v) is 8.50. The zero-order chi connectivity index (χ0) is 11.9. The first-order chi connectivity index (χ1) is 6.54. The first-order valence-corrected chi connectivity index (χ1v) is 6.86. The van der Waals surface area contributed by atoms with Crippen LogP contribution in [0.2, 0.25) is 0 Å². The zero-order valence-corrected chi connectivity index (χ0v) is 10.8. The van der Waals surface area contributed by atoms with Crippen LogP contribution in [0, 0.1) is 0 Å². The molecule has 1 saturated heterocycles. The minimum Gasteiger partial charge on any atom is -0.388 e. The van der Waals surface area contributed by atoms with E-state index in [0.29, 0.717) is 19.6 Å². The molecule has 1 heterocycles. The molecule has 0 aliphatic carbocycles. The molecule has 0 spiro atoms. The summed E-state index contributed by atoms with van der Waals surface area (Å²) < 4.78 is 22.9. The van der Waals surface area contributed by atoms with Crippen molar-refractivity contribution in [3.8, 4) is 0 Å². The van der Waals surface area contributed by atoms with Crippen molar-refractivity contribution in [2.24, 2.45) is 0 Å². The van der Waals surface area contributed by atoms with Crippen LogP contribution < -0.4 is 0 Å². The highest BCUT2D eigenvalue weighted by Crippen LogP contribution is 2.21. The second-order valence-electron chi connectivity index (χ2n) is 5.64. The van der Waals surface area contributed by atoms with Crippen LogP contribution in [0.5, 0.6) is 0 Å². The molecule has 1 N–H and O–H groups in total. The van der Waals surface area contributed by atoms with Gasteiger partial charge in [-0.25, -0.2) is 8.42 Å². The van der Waals surface area contributed by atoms with E-state index < -0.39 is 20.2 Å². The average molecular weight is 235 g/mol. The third-order valence-corrected chi connectivity index (χ3v) is 5.32. The molecule has 5 heteroatoms. The third-order valence-electron chi connectivity index (χ3n) is 2.74. The van der Waals surface area contributed by atoms with Gasteiger partial charge in [-0.15, -0.1) is 0 Å². The van der Waals surface area contributed by atoms with Crippen molar-refractivity contribution < 1.29 is 13.5 Å². The minimum absolute atomic E-state index is 0.173. The van der Waals surface area contributed by atoms with Crippen molar-refractivity contribution in [3.05, 3.63) is 0 Å². The van der Waals surface area contributed by atoms with Gasteiger partial charge in [0.05, 0.1) is 16.1 Å². The summed E-state index contributed by atoms with van der Waals surface area (Å²) in [4.78, 5) is 1.96. The topological polar surface area (TPSA) is 57.6 Å². The second kappa shape index (κ2) is 3.71. The Labute approximate surface area is 92.2 Å². The Morgan fingerprint density at radius 3 is 2.13 bits per heavy atom. The van der Waals surface area contributed by atoms with Gasteiger partial charge in [0.1, 0.15) is 0 Å². The molecule has 0 aromatic rings. The largest absolute Gasteiger partial charge is 0.388 e. The molecule has 0 bridgehead atoms. The highest BCUT2D eigenvalue weighted by Gasteiger charge is 2.37. The van der Waals surface area contributed by atoms with E-state index in [1.807, 2.05) is 4.90 Å². The van der Waals surface area contributed by atoms with E-state index in [-0.39, 0.29) is 5.75 Å². The number of hydrogen-bond donors (Lipinski definition) is 1. The van der Waals surface area contributed by atoms with Crippen molar-refractivity contribution in [1.29, 1.82) is 0 Å². The highest BCUT2D eigenvalue weighted by molar-refractivity contribution is 7.92. The molecule has 0 aromatic carbocycles. The maximum atomic E-state index is 11.8. The summed E-state index contributed by atoms with van der Waals surface area (Å²) in [5, 5.41) is 9.48. The van der Waals surface area contributed by atoms with E-state index in [4.69, 9.17) is 0 Å². The quantitative estimate of drug-likeness (QED) is 0.762. The van der Waals surface area contributed by atoms with Gasteiger partial charge in [-0.05, 0) is 27.7 Å². The lowest BCUT2D eigenvalue weighted by molar-refractivity contribution is -0.0803. The Bertz CT molecular complexity index is 319. The van der Waals surface area contributed by atoms with Crippen LogP contribution in [0.3, 0.4) is 0 Å². The van der Waals surface area contributed by atoms with Gasteiger partial charge in [0.15, 0.2) is 9.84 Å². The van der Waals surface area contributed by atoms with Gasteiger partial charge < -0.3 is 5.11 Å². The number of rotatable bonds is 3. The molecule has 15 heavy (non-hydrogen) atoms. The Balaban J connectivity index is 2.40. The molecule has 1 aliphatic heterocycles. The highest BCUT2D eigenvalue weighted by atomic mass is 32.2. The SMILES string of the molecule is CC1(O)CN(CCS(=O)(=O)C(C)(C)C)C1. The lowest BCUT2D eigenvalue weighted by Gasteiger charge is -2.44. The fourth-order valence-electron chi connectivity index (χ4n) is 1.63. The van der Waals surface area contributed by atoms with E-state index >= 15 is 0 Å². The molecule has 90 valence electrons. The Hall–Kier alpha value is -0.130. The van der Waals surface area contributed by atoms with Crippen LogP contribution in [0.4, 0.5) is 0 Å². The summed E-state index contributed by atoms with van der Waals surface area (Å²) in [6.45, 7) is 8.59. The van der Waals surface area contributed by atoms with Gasteiger partial charge in [0.2, 0.25) is 0 Å². The third kappa shape index (κ3) is 3.16. The Kier molecular flexibility index (Phi) is 3.20. The van der Waals surface area contributed by atoms with Gasteiger partial charge in [0, 0.05) is 19.6 Å². The molecular formula is C10H21NO3S. The standard InChI is InChI=1S/C10H21NO3S/c1-9(2,3)15(13,14)6-5-11-7-10(4,12)8-11/h12H,5-8H2,1-4H3. The Morgan fingerprint density at radius 2 is 1.80 bits per heavy atom.